The Morgan fingerprint density at radius 1 is 1.11 bits per heavy atom. The molecule has 0 unspecified atom stereocenters. The second-order valence-electron chi connectivity index (χ2n) is 7.48. The van der Waals surface area contributed by atoms with Crippen LogP contribution >= 0.6 is 0 Å². The fraction of sp³-hybridized carbons (Fsp3) is 0.474. The average Bonchev–Trinajstić information content (AvgIpc) is 3.15. The number of nitrogens with zero attached hydrogens (tertiary/aromatic N) is 2. The molecule has 3 saturated heterocycles. The highest BCUT2D eigenvalue weighted by atomic mass is 16.2. The van der Waals surface area contributed by atoms with Crippen molar-refractivity contribution in [2.45, 2.75) is 31.3 Å². The van der Waals surface area contributed by atoms with E-state index in [2.05, 4.69) is 10.6 Å². The first-order chi connectivity index (χ1) is 13.0. The molecular formula is C19H22N4O4. The number of rotatable bonds is 3. The minimum Gasteiger partial charge on any atom is -0.342 e. The molecule has 8 nitrogen and oxygen atoms in total. The standard InChI is InChI=1S/C19H22N4O4/c24-15-10-14(12-23(15)11-13-4-2-1-3-5-13)16(25)22-8-6-19(7-9-22)17(26)20-18(27)21-19/h1-5,14H,6-12H2,(H2,20,21,26,27)/t14-/m0/s1. The first-order valence-electron chi connectivity index (χ1n) is 9.21. The molecule has 8 heteroatoms. The minimum atomic E-state index is -0.890. The van der Waals surface area contributed by atoms with Crippen molar-refractivity contribution in [2.75, 3.05) is 19.6 Å². The molecule has 3 heterocycles. The largest absolute Gasteiger partial charge is 0.342 e. The molecule has 0 saturated carbocycles. The van der Waals surface area contributed by atoms with Gasteiger partial charge >= 0.3 is 6.03 Å². The Morgan fingerprint density at radius 3 is 2.44 bits per heavy atom. The molecule has 3 fully saturated rings. The highest BCUT2D eigenvalue weighted by Crippen LogP contribution is 2.28. The van der Waals surface area contributed by atoms with Crippen molar-refractivity contribution in [3.63, 3.8) is 0 Å². The second kappa shape index (κ2) is 6.68. The van der Waals surface area contributed by atoms with E-state index >= 15 is 0 Å². The van der Waals surface area contributed by atoms with Crippen LogP contribution < -0.4 is 10.6 Å². The van der Waals surface area contributed by atoms with Gasteiger partial charge in [-0.2, -0.15) is 0 Å². The Balaban J connectivity index is 1.35. The topological polar surface area (TPSA) is 98.8 Å². The lowest BCUT2D eigenvalue weighted by Gasteiger charge is -2.37. The Kier molecular flexibility index (Phi) is 4.33. The van der Waals surface area contributed by atoms with E-state index in [9.17, 15) is 19.2 Å². The smallest absolute Gasteiger partial charge is 0.322 e. The normalized spacial score (nSPS) is 24.3. The van der Waals surface area contributed by atoms with Crippen LogP contribution in [0, 0.1) is 5.92 Å². The molecule has 5 amide bonds. The van der Waals surface area contributed by atoms with Crippen LogP contribution in [0.1, 0.15) is 24.8 Å². The number of urea groups is 1. The van der Waals surface area contributed by atoms with Gasteiger partial charge in [0.15, 0.2) is 0 Å². The number of imide groups is 1. The van der Waals surface area contributed by atoms with Gasteiger partial charge < -0.3 is 15.1 Å². The molecular weight excluding hydrogens is 348 g/mol. The number of likely N-dealkylation sites (tertiary alicyclic amines) is 2. The molecule has 142 valence electrons. The molecule has 4 rings (SSSR count). The lowest BCUT2D eigenvalue weighted by atomic mass is 9.87. The van der Waals surface area contributed by atoms with Crippen LogP contribution in [0.2, 0.25) is 0 Å². The SMILES string of the molecule is O=C1NC(=O)C2(CCN(C(=O)[C@H]3CC(=O)N(Cc4ccccc4)C3)CC2)N1. The third-order valence-corrected chi connectivity index (χ3v) is 5.72. The van der Waals surface area contributed by atoms with Gasteiger partial charge in [0.1, 0.15) is 5.54 Å². The summed E-state index contributed by atoms with van der Waals surface area (Å²) in [5.74, 6) is -0.710. The Hall–Kier alpha value is -2.90. The predicted molar refractivity (Wildman–Crippen MR) is 95.2 cm³/mol. The van der Waals surface area contributed by atoms with E-state index in [-0.39, 0.29) is 30.1 Å². The van der Waals surface area contributed by atoms with Crippen molar-refractivity contribution >= 4 is 23.8 Å². The first-order valence-corrected chi connectivity index (χ1v) is 9.21. The Labute approximate surface area is 156 Å². The van der Waals surface area contributed by atoms with Crippen molar-refractivity contribution in [1.82, 2.24) is 20.4 Å². The summed E-state index contributed by atoms with van der Waals surface area (Å²) in [6.45, 7) is 1.73. The number of hydrogen-bond acceptors (Lipinski definition) is 4. The quantitative estimate of drug-likeness (QED) is 0.745. The molecule has 0 radical (unpaired) electrons. The lowest BCUT2D eigenvalue weighted by Crippen LogP contribution is -2.56. The third-order valence-electron chi connectivity index (χ3n) is 5.72. The van der Waals surface area contributed by atoms with Crippen LogP contribution in [0.15, 0.2) is 30.3 Å². The van der Waals surface area contributed by atoms with Crippen LogP contribution in [-0.4, -0.2) is 58.7 Å². The molecule has 0 bridgehead atoms. The number of piperidine rings is 1. The number of amides is 5. The zero-order chi connectivity index (χ0) is 19.0. The van der Waals surface area contributed by atoms with Gasteiger partial charge in [0.05, 0.1) is 5.92 Å². The third kappa shape index (κ3) is 3.27. The summed E-state index contributed by atoms with van der Waals surface area (Å²) in [7, 11) is 0. The van der Waals surface area contributed by atoms with Gasteiger partial charge in [0.2, 0.25) is 11.8 Å². The molecule has 0 aromatic heterocycles. The minimum absolute atomic E-state index is 0.00637. The van der Waals surface area contributed by atoms with Crippen LogP contribution in [0.25, 0.3) is 0 Å². The number of carbonyl (C=O) groups excluding carboxylic acids is 4. The summed E-state index contributed by atoms with van der Waals surface area (Å²) in [4.78, 5) is 52.0. The number of nitrogens with one attached hydrogen (secondary N) is 2. The summed E-state index contributed by atoms with van der Waals surface area (Å²) in [6.07, 6.45) is 1.01. The summed E-state index contributed by atoms with van der Waals surface area (Å²) >= 11 is 0. The van der Waals surface area contributed by atoms with Crippen molar-refractivity contribution in [2.24, 2.45) is 5.92 Å². The summed E-state index contributed by atoms with van der Waals surface area (Å²) < 4.78 is 0. The molecule has 2 N–H and O–H groups in total. The Morgan fingerprint density at radius 2 is 1.81 bits per heavy atom. The van der Waals surface area contributed by atoms with Crippen molar-refractivity contribution < 1.29 is 19.2 Å². The zero-order valence-electron chi connectivity index (χ0n) is 14.9. The van der Waals surface area contributed by atoms with Gasteiger partial charge in [0.25, 0.3) is 5.91 Å². The maximum Gasteiger partial charge on any atom is 0.322 e. The molecule has 3 aliphatic heterocycles. The summed E-state index contributed by atoms with van der Waals surface area (Å²) in [5, 5.41) is 4.96. The van der Waals surface area contributed by atoms with Crippen LogP contribution in [0.3, 0.4) is 0 Å². The van der Waals surface area contributed by atoms with Crippen LogP contribution in [0.5, 0.6) is 0 Å². The average molecular weight is 370 g/mol. The maximum atomic E-state index is 12.9. The molecule has 1 aromatic rings. The van der Waals surface area contributed by atoms with E-state index in [1.165, 1.54) is 0 Å². The van der Waals surface area contributed by atoms with E-state index in [4.69, 9.17) is 0 Å². The molecule has 1 atom stereocenters. The van der Waals surface area contributed by atoms with Crippen molar-refractivity contribution in [3.05, 3.63) is 35.9 Å². The lowest BCUT2D eigenvalue weighted by molar-refractivity contribution is -0.139. The molecule has 0 aliphatic carbocycles. The molecule has 27 heavy (non-hydrogen) atoms. The van der Waals surface area contributed by atoms with E-state index in [1.807, 2.05) is 30.3 Å². The zero-order valence-corrected chi connectivity index (χ0v) is 14.9. The van der Waals surface area contributed by atoms with Gasteiger partial charge in [0, 0.05) is 32.6 Å². The van der Waals surface area contributed by atoms with Gasteiger partial charge in [-0.3, -0.25) is 19.7 Å². The van der Waals surface area contributed by atoms with E-state index in [0.29, 0.717) is 39.0 Å². The maximum absolute atomic E-state index is 12.9. The fourth-order valence-electron chi connectivity index (χ4n) is 4.14. The van der Waals surface area contributed by atoms with Gasteiger partial charge in [-0.25, -0.2) is 4.79 Å². The predicted octanol–water partition coefficient (Wildman–Crippen LogP) is 0.236. The van der Waals surface area contributed by atoms with E-state index in [0.717, 1.165) is 5.56 Å². The summed E-state index contributed by atoms with van der Waals surface area (Å²) in [6, 6.07) is 9.25. The van der Waals surface area contributed by atoms with E-state index in [1.54, 1.807) is 9.80 Å². The molecule has 3 aliphatic rings. The summed E-state index contributed by atoms with van der Waals surface area (Å²) in [5.41, 5.74) is 0.153. The second-order valence-corrected chi connectivity index (χ2v) is 7.48. The molecule has 1 aromatic carbocycles. The van der Waals surface area contributed by atoms with Gasteiger partial charge in [-0.1, -0.05) is 30.3 Å². The monoisotopic (exact) mass is 370 g/mol. The van der Waals surface area contributed by atoms with Crippen LogP contribution in [-0.2, 0) is 20.9 Å². The van der Waals surface area contributed by atoms with Crippen LogP contribution in [0.4, 0.5) is 4.79 Å². The molecule has 1 spiro atoms. The van der Waals surface area contributed by atoms with Gasteiger partial charge in [-0.15, -0.1) is 0 Å². The number of carbonyl (C=O) groups is 4. The first kappa shape index (κ1) is 17.5. The highest BCUT2D eigenvalue weighted by Gasteiger charge is 2.49. The number of benzene rings is 1. The van der Waals surface area contributed by atoms with Crippen molar-refractivity contribution in [1.29, 1.82) is 0 Å². The fourth-order valence-corrected chi connectivity index (χ4v) is 4.14. The highest BCUT2D eigenvalue weighted by molar-refractivity contribution is 6.07. The van der Waals surface area contributed by atoms with E-state index < -0.39 is 11.6 Å². The Bertz CT molecular complexity index is 786. The van der Waals surface area contributed by atoms with Gasteiger partial charge in [-0.05, 0) is 18.4 Å². The van der Waals surface area contributed by atoms with Crippen molar-refractivity contribution in [3.8, 4) is 0 Å². The number of hydrogen-bond donors (Lipinski definition) is 2.